The number of carbonyl (C=O) groups excluding carboxylic acids is 2. The van der Waals surface area contributed by atoms with Gasteiger partial charge in [0.25, 0.3) is 0 Å². The highest BCUT2D eigenvalue weighted by molar-refractivity contribution is 7.16. The van der Waals surface area contributed by atoms with Crippen molar-refractivity contribution in [2.24, 2.45) is 0 Å². The van der Waals surface area contributed by atoms with Crippen molar-refractivity contribution in [1.82, 2.24) is 9.80 Å². The first-order valence-corrected chi connectivity index (χ1v) is 10.5. The number of piperazine rings is 1. The Bertz CT molecular complexity index is 825. The van der Waals surface area contributed by atoms with Gasteiger partial charge in [-0.05, 0) is 43.2 Å². The molecule has 3 rings (SSSR count). The van der Waals surface area contributed by atoms with E-state index in [0.29, 0.717) is 5.56 Å². The molecule has 1 aliphatic rings. The van der Waals surface area contributed by atoms with Crippen molar-refractivity contribution < 1.29 is 9.59 Å². The Hall–Kier alpha value is -1.69. The van der Waals surface area contributed by atoms with Crippen LogP contribution in [0.5, 0.6) is 0 Å². The van der Waals surface area contributed by atoms with E-state index < -0.39 is 0 Å². The van der Waals surface area contributed by atoms with Crippen molar-refractivity contribution in [3.8, 4) is 0 Å². The lowest BCUT2D eigenvalue weighted by molar-refractivity contribution is -0.132. The second-order valence-electron chi connectivity index (χ2n) is 7.08. The number of hydrogen-bond acceptors (Lipinski definition) is 4. The van der Waals surface area contributed by atoms with E-state index in [1.54, 1.807) is 11.3 Å². The third kappa shape index (κ3) is 5.41. The summed E-state index contributed by atoms with van der Waals surface area (Å²) < 4.78 is 0.812. The summed E-state index contributed by atoms with van der Waals surface area (Å²) in [5, 5.41) is 0. The summed E-state index contributed by atoms with van der Waals surface area (Å²) >= 11 is 7.59. The summed E-state index contributed by atoms with van der Waals surface area (Å²) in [5.41, 5.74) is 2.98. The lowest BCUT2D eigenvalue weighted by Crippen LogP contribution is -2.48. The van der Waals surface area contributed by atoms with Crippen LogP contribution in [0.1, 0.15) is 39.2 Å². The molecule has 1 aromatic carbocycles. The predicted octanol–water partition coefficient (Wildman–Crippen LogP) is 4.33. The zero-order valence-corrected chi connectivity index (χ0v) is 17.4. The Morgan fingerprint density at radius 3 is 2.37 bits per heavy atom. The SMILES string of the molecule is Cc1ccc(C(=O)CCC(=O)N2CCN(Cc3ccc(Cl)s3)CC2)cc1C. The molecule has 0 spiro atoms. The van der Waals surface area contributed by atoms with Gasteiger partial charge in [0.2, 0.25) is 5.91 Å². The summed E-state index contributed by atoms with van der Waals surface area (Å²) in [6.45, 7) is 8.05. The van der Waals surface area contributed by atoms with Crippen LogP contribution in [0.3, 0.4) is 0 Å². The van der Waals surface area contributed by atoms with Gasteiger partial charge in [-0.2, -0.15) is 0 Å². The van der Waals surface area contributed by atoms with Gasteiger partial charge in [-0.15, -0.1) is 11.3 Å². The van der Waals surface area contributed by atoms with Crippen molar-refractivity contribution in [3.63, 3.8) is 0 Å². The maximum atomic E-state index is 12.5. The van der Waals surface area contributed by atoms with Gasteiger partial charge in [-0.1, -0.05) is 23.7 Å². The highest BCUT2D eigenvalue weighted by atomic mass is 35.5. The average Bonchev–Trinajstić information content (AvgIpc) is 3.07. The third-order valence-electron chi connectivity index (χ3n) is 5.13. The molecule has 1 aliphatic heterocycles. The van der Waals surface area contributed by atoms with E-state index in [2.05, 4.69) is 11.0 Å². The molecule has 4 nitrogen and oxygen atoms in total. The first-order valence-electron chi connectivity index (χ1n) is 9.27. The molecule has 0 N–H and O–H groups in total. The number of halogens is 1. The zero-order chi connectivity index (χ0) is 19.4. The van der Waals surface area contributed by atoms with E-state index >= 15 is 0 Å². The molecule has 1 amide bonds. The van der Waals surface area contributed by atoms with Crippen LogP contribution in [0, 0.1) is 13.8 Å². The number of carbonyl (C=O) groups is 2. The quantitative estimate of drug-likeness (QED) is 0.673. The van der Waals surface area contributed by atoms with Crippen molar-refractivity contribution in [2.45, 2.75) is 33.2 Å². The molecule has 1 saturated heterocycles. The number of nitrogens with zero attached hydrogens (tertiary/aromatic N) is 2. The number of benzene rings is 1. The van der Waals surface area contributed by atoms with Gasteiger partial charge >= 0.3 is 0 Å². The summed E-state index contributed by atoms with van der Waals surface area (Å²) in [4.78, 5) is 30.3. The molecule has 0 bridgehead atoms. The molecule has 144 valence electrons. The standard InChI is InChI=1S/C21H25ClN2O2S/c1-15-3-4-17(13-16(15)2)19(25)6-8-21(26)24-11-9-23(10-12-24)14-18-5-7-20(22)27-18/h3-5,7,13H,6,8-12,14H2,1-2H3. The molecule has 27 heavy (non-hydrogen) atoms. The predicted molar refractivity (Wildman–Crippen MR) is 111 cm³/mol. The van der Waals surface area contributed by atoms with Crippen LogP contribution in [-0.4, -0.2) is 47.7 Å². The summed E-state index contributed by atoms with van der Waals surface area (Å²) in [6.07, 6.45) is 0.557. The van der Waals surface area contributed by atoms with E-state index in [1.165, 1.54) is 10.4 Å². The van der Waals surface area contributed by atoms with Gasteiger partial charge in [0, 0.05) is 56.0 Å². The third-order valence-corrected chi connectivity index (χ3v) is 6.34. The van der Waals surface area contributed by atoms with Crippen LogP contribution in [0.2, 0.25) is 4.34 Å². The van der Waals surface area contributed by atoms with E-state index in [1.807, 2.05) is 43.0 Å². The van der Waals surface area contributed by atoms with Gasteiger partial charge in [0.05, 0.1) is 4.34 Å². The molecule has 0 aliphatic carbocycles. The van der Waals surface area contributed by atoms with E-state index in [4.69, 9.17) is 11.6 Å². The van der Waals surface area contributed by atoms with Gasteiger partial charge in [0.15, 0.2) is 5.78 Å². The van der Waals surface area contributed by atoms with Gasteiger partial charge in [-0.3, -0.25) is 14.5 Å². The number of hydrogen-bond donors (Lipinski definition) is 0. The van der Waals surface area contributed by atoms with Gasteiger partial charge in [0.1, 0.15) is 0 Å². The van der Waals surface area contributed by atoms with Crippen molar-refractivity contribution >= 4 is 34.6 Å². The van der Waals surface area contributed by atoms with E-state index in [0.717, 1.165) is 42.6 Å². The van der Waals surface area contributed by atoms with Crippen molar-refractivity contribution in [3.05, 3.63) is 56.2 Å². The first kappa shape index (κ1) is 20.1. The minimum Gasteiger partial charge on any atom is -0.340 e. The number of ketones is 1. The Kier molecular flexibility index (Phi) is 6.68. The molecule has 0 saturated carbocycles. The topological polar surface area (TPSA) is 40.6 Å². The minimum absolute atomic E-state index is 0.0414. The number of amides is 1. The molecular formula is C21H25ClN2O2S. The fourth-order valence-corrected chi connectivity index (χ4v) is 4.38. The number of aryl methyl sites for hydroxylation is 2. The highest BCUT2D eigenvalue weighted by Gasteiger charge is 2.22. The molecule has 1 fully saturated rings. The normalized spacial score (nSPS) is 15.1. The highest BCUT2D eigenvalue weighted by Crippen LogP contribution is 2.23. The van der Waals surface area contributed by atoms with Crippen LogP contribution < -0.4 is 0 Å². The van der Waals surface area contributed by atoms with Gasteiger partial charge < -0.3 is 4.90 Å². The Morgan fingerprint density at radius 2 is 1.74 bits per heavy atom. The fourth-order valence-electron chi connectivity index (χ4n) is 3.25. The monoisotopic (exact) mass is 404 g/mol. The Morgan fingerprint density at radius 1 is 1.00 bits per heavy atom. The molecule has 0 unspecified atom stereocenters. The zero-order valence-electron chi connectivity index (χ0n) is 15.8. The summed E-state index contributed by atoms with van der Waals surface area (Å²) in [5.74, 6) is 0.116. The number of thiophene rings is 1. The van der Waals surface area contributed by atoms with E-state index in [-0.39, 0.29) is 24.5 Å². The average molecular weight is 405 g/mol. The van der Waals surface area contributed by atoms with Crippen LogP contribution in [-0.2, 0) is 11.3 Å². The Labute approximate surface area is 169 Å². The molecule has 0 radical (unpaired) electrons. The molecule has 2 aromatic rings. The molecular weight excluding hydrogens is 380 g/mol. The smallest absolute Gasteiger partial charge is 0.223 e. The van der Waals surface area contributed by atoms with Crippen LogP contribution in [0.25, 0.3) is 0 Å². The molecule has 2 heterocycles. The maximum absolute atomic E-state index is 12.5. The maximum Gasteiger partial charge on any atom is 0.223 e. The largest absolute Gasteiger partial charge is 0.340 e. The molecule has 1 aromatic heterocycles. The lowest BCUT2D eigenvalue weighted by Gasteiger charge is -2.34. The second kappa shape index (κ2) is 9.00. The first-order chi connectivity index (χ1) is 12.9. The fraction of sp³-hybridized carbons (Fsp3) is 0.429. The minimum atomic E-state index is 0.0414. The number of rotatable bonds is 6. The number of Topliss-reactive ketones (excluding diaryl/α,β-unsaturated/α-hetero) is 1. The molecule has 0 atom stereocenters. The Balaban J connectivity index is 1.43. The lowest BCUT2D eigenvalue weighted by atomic mass is 10.0. The van der Waals surface area contributed by atoms with Crippen LogP contribution in [0.15, 0.2) is 30.3 Å². The second-order valence-corrected chi connectivity index (χ2v) is 8.88. The van der Waals surface area contributed by atoms with Crippen LogP contribution in [0.4, 0.5) is 0 Å². The van der Waals surface area contributed by atoms with Crippen LogP contribution >= 0.6 is 22.9 Å². The summed E-state index contributed by atoms with van der Waals surface area (Å²) in [7, 11) is 0. The van der Waals surface area contributed by atoms with E-state index in [9.17, 15) is 9.59 Å². The summed E-state index contributed by atoms with van der Waals surface area (Å²) in [6, 6.07) is 9.71. The molecule has 6 heteroatoms. The van der Waals surface area contributed by atoms with Crippen molar-refractivity contribution in [2.75, 3.05) is 26.2 Å². The van der Waals surface area contributed by atoms with Gasteiger partial charge in [-0.25, -0.2) is 0 Å². The van der Waals surface area contributed by atoms with Crippen molar-refractivity contribution in [1.29, 1.82) is 0 Å².